The van der Waals surface area contributed by atoms with Crippen molar-refractivity contribution in [1.29, 1.82) is 0 Å². The minimum atomic E-state index is -0.313. The summed E-state index contributed by atoms with van der Waals surface area (Å²) in [6.45, 7) is 3.48. The average Bonchev–Trinajstić information content (AvgIpc) is 3.27. The van der Waals surface area contributed by atoms with Gasteiger partial charge < -0.3 is 24.6 Å². The normalized spacial score (nSPS) is 13.1. The van der Waals surface area contributed by atoms with E-state index in [1.807, 2.05) is 24.3 Å². The number of nitrogens with zero attached hydrogens (tertiary/aromatic N) is 2. The predicted octanol–water partition coefficient (Wildman–Crippen LogP) is 3.30. The third kappa shape index (κ3) is 4.99. The van der Waals surface area contributed by atoms with Crippen LogP contribution in [0.5, 0.6) is 11.5 Å². The maximum atomic E-state index is 12.6. The van der Waals surface area contributed by atoms with Crippen LogP contribution < -0.4 is 24.6 Å². The second-order valence-corrected chi connectivity index (χ2v) is 6.93. The van der Waals surface area contributed by atoms with Crippen molar-refractivity contribution < 1.29 is 19.1 Å². The van der Waals surface area contributed by atoms with Gasteiger partial charge >= 0.3 is 0 Å². The Bertz CT molecular complexity index is 861. The van der Waals surface area contributed by atoms with E-state index >= 15 is 0 Å². The molecule has 0 spiro atoms. The summed E-state index contributed by atoms with van der Waals surface area (Å²) in [5, 5.41) is 2.80. The fourth-order valence-corrected chi connectivity index (χ4v) is 3.44. The first-order valence-corrected chi connectivity index (χ1v) is 9.67. The fraction of sp³-hybridized carbons (Fsp3) is 0.364. The average molecular weight is 397 g/mol. The summed E-state index contributed by atoms with van der Waals surface area (Å²) in [7, 11) is 3.08. The number of rotatable bonds is 7. The van der Waals surface area contributed by atoms with E-state index in [4.69, 9.17) is 9.47 Å². The summed E-state index contributed by atoms with van der Waals surface area (Å²) < 4.78 is 10.5. The van der Waals surface area contributed by atoms with E-state index in [0.717, 1.165) is 18.8 Å². The quantitative estimate of drug-likeness (QED) is 0.776. The highest BCUT2D eigenvalue weighted by atomic mass is 16.5. The zero-order valence-electron chi connectivity index (χ0n) is 17.1. The lowest BCUT2D eigenvalue weighted by Crippen LogP contribution is -2.36. The molecular weight excluding hydrogens is 370 g/mol. The lowest BCUT2D eigenvalue weighted by Gasteiger charge is -2.23. The van der Waals surface area contributed by atoms with E-state index in [1.165, 1.54) is 31.8 Å². The van der Waals surface area contributed by atoms with E-state index in [2.05, 4.69) is 10.2 Å². The van der Waals surface area contributed by atoms with Crippen LogP contribution in [0.3, 0.4) is 0 Å². The Morgan fingerprint density at radius 3 is 2.31 bits per heavy atom. The number of methoxy groups -OCH3 is 2. The third-order valence-electron chi connectivity index (χ3n) is 5.00. The van der Waals surface area contributed by atoms with Crippen molar-refractivity contribution >= 4 is 28.9 Å². The van der Waals surface area contributed by atoms with Crippen LogP contribution in [0.2, 0.25) is 0 Å². The van der Waals surface area contributed by atoms with E-state index in [1.54, 1.807) is 25.3 Å². The van der Waals surface area contributed by atoms with Crippen LogP contribution in [-0.4, -0.2) is 45.7 Å². The summed E-state index contributed by atoms with van der Waals surface area (Å²) in [5.41, 5.74) is 2.35. The molecule has 1 N–H and O–H groups in total. The van der Waals surface area contributed by atoms with Gasteiger partial charge in [0.15, 0.2) is 0 Å². The smallest absolute Gasteiger partial charge is 0.244 e. The second-order valence-electron chi connectivity index (χ2n) is 6.93. The van der Waals surface area contributed by atoms with Gasteiger partial charge in [0.2, 0.25) is 11.8 Å². The predicted molar refractivity (Wildman–Crippen MR) is 114 cm³/mol. The van der Waals surface area contributed by atoms with Crippen molar-refractivity contribution in [2.75, 3.05) is 49.0 Å². The number of ether oxygens (including phenoxy) is 2. The SMILES string of the molecule is COc1ccc(NC(=O)CN(C(C)=O)c2ccc(N3CCCC3)cc2)c(OC)c1. The number of carbonyl (C=O) groups is 2. The Morgan fingerprint density at radius 1 is 1.03 bits per heavy atom. The van der Waals surface area contributed by atoms with Crippen LogP contribution in [-0.2, 0) is 9.59 Å². The van der Waals surface area contributed by atoms with Crippen LogP contribution in [0, 0.1) is 0 Å². The molecule has 0 unspecified atom stereocenters. The fourth-order valence-electron chi connectivity index (χ4n) is 3.44. The Hall–Kier alpha value is -3.22. The summed E-state index contributed by atoms with van der Waals surface area (Å²) in [5.74, 6) is 0.605. The number of anilines is 3. The molecule has 0 bridgehead atoms. The highest BCUT2D eigenvalue weighted by molar-refractivity contribution is 6.02. The van der Waals surface area contributed by atoms with Crippen molar-refractivity contribution in [2.24, 2.45) is 0 Å². The minimum absolute atomic E-state index is 0.0897. The van der Waals surface area contributed by atoms with Gasteiger partial charge in [-0.15, -0.1) is 0 Å². The van der Waals surface area contributed by atoms with Gasteiger partial charge in [-0.1, -0.05) is 0 Å². The maximum absolute atomic E-state index is 12.6. The van der Waals surface area contributed by atoms with Crippen molar-refractivity contribution in [3.8, 4) is 11.5 Å². The second kappa shape index (κ2) is 9.32. The lowest BCUT2D eigenvalue weighted by molar-refractivity contribution is -0.120. The topological polar surface area (TPSA) is 71.1 Å². The molecule has 29 heavy (non-hydrogen) atoms. The molecule has 0 radical (unpaired) electrons. The van der Waals surface area contributed by atoms with Gasteiger partial charge in [-0.2, -0.15) is 0 Å². The highest BCUT2D eigenvalue weighted by Crippen LogP contribution is 2.29. The number of amides is 2. The molecule has 2 amide bonds. The molecule has 1 saturated heterocycles. The monoisotopic (exact) mass is 397 g/mol. The van der Waals surface area contributed by atoms with E-state index in [-0.39, 0.29) is 18.4 Å². The molecule has 154 valence electrons. The van der Waals surface area contributed by atoms with Gasteiger partial charge in [-0.05, 0) is 49.2 Å². The summed E-state index contributed by atoms with van der Waals surface area (Å²) in [6, 6.07) is 12.9. The van der Waals surface area contributed by atoms with Crippen LogP contribution in [0.25, 0.3) is 0 Å². The zero-order valence-corrected chi connectivity index (χ0v) is 17.1. The molecule has 2 aromatic carbocycles. The lowest BCUT2D eigenvalue weighted by atomic mass is 10.2. The molecule has 1 aliphatic rings. The Balaban J connectivity index is 1.70. The van der Waals surface area contributed by atoms with Gasteiger partial charge in [0, 0.05) is 37.5 Å². The molecule has 1 aliphatic heterocycles. The van der Waals surface area contributed by atoms with E-state index in [9.17, 15) is 9.59 Å². The summed E-state index contributed by atoms with van der Waals surface area (Å²) in [4.78, 5) is 28.6. The molecule has 1 heterocycles. The molecule has 0 aliphatic carbocycles. The molecule has 2 aromatic rings. The van der Waals surface area contributed by atoms with Gasteiger partial charge in [-0.25, -0.2) is 0 Å². The summed E-state index contributed by atoms with van der Waals surface area (Å²) in [6.07, 6.45) is 2.41. The number of hydrogen-bond acceptors (Lipinski definition) is 5. The molecule has 0 atom stereocenters. The minimum Gasteiger partial charge on any atom is -0.497 e. The Morgan fingerprint density at radius 2 is 1.72 bits per heavy atom. The molecular formula is C22H27N3O4. The van der Waals surface area contributed by atoms with E-state index in [0.29, 0.717) is 22.9 Å². The van der Waals surface area contributed by atoms with Crippen molar-refractivity contribution in [3.63, 3.8) is 0 Å². The van der Waals surface area contributed by atoms with Crippen molar-refractivity contribution in [3.05, 3.63) is 42.5 Å². The van der Waals surface area contributed by atoms with Crippen molar-refractivity contribution in [2.45, 2.75) is 19.8 Å². The largest absolute Gasteiger partial charge is 0.497 e. The number of carbonyl (C=O) groups excluding carboxylic acids is 2. The van der Waals surface area contributed by atoms with Crippen molar-refractivity contribution in [1.82, 2.24) is 0 Å². The van der Waals surface area contributed by atoms with Crippen LogP contribution in [0.15, 0.2) is 42.5 Å². The third-order valence-corrected chi connectivity index (χ3v) is 5.00. The molecule has 7 nitrogen and oxygen atoms in total. The molecule has 0 saturated carbocycles. The van der Waals surface area contributed by atoms with Gasteiger partial charge in [0.25, 0.3) is 0 Å². The highest BCUT2D eigenvalue weighted by Gasteiger charge is 2.18. The van der Waals surface area contributed by atoms with Gasteiger partial charge in [0.05, 0.1) is 19.9 Å². The molecule has 3 rings (SSSR count). The standard InChI is InChI=1S/C22H27N3O4/c1-16(26)25(18-8-6-17(7-9-18)24-12-4-5-13-24)15-22(27)23-20-11-10-19(28-2)14-21(20)29-3/h6-11,14H,4-5,12-13,15H2,1-3H3,(H,23,27). The Kier molecular flexibility index (Phi) is 6.59. The first-order chi connectivity index (χ1) is 14.0. The van der Waals surface area contributed by atoms with Gasteiger partial charge in [0.1, 0.15) is 18.0 Å². The van der Waals surface area contributed by atoms with Crippen LogP contribution in [0.4, 0.5) is 17.1 Å². The Labute approximate surface area is 171 Å². The van der Waals surface area contributed by atoms with Crippen LogP contribution >= 0.6 is 0 Å². The molecule has 0 aromatic heterocycles. The van der Waals surface area contributed by atoms with Gasteiger partial charge in [-0.3, -0.25) is 9.59 Å². The molecule has 7 heteroatoms. The number of hydrogen-bond donors (Lipinski definition) is 1. The first-order valence-electron chi connectivity index (χ1n) is 9.67. The molecule has 1 fully saturated rings. The number of benzene rings is 2. The maximum Gasteiger partial charge on any atom is 0.244 e. The summed E-state index contributed by atoms with van der Waals surface area (Å²) >= 11 is 0. The van der Waals surface area contributed by atoms with E-state index < -0.39 is 0 Å². The number of nitrogens with one attached hydrogen (secondary N) is 1. The first kappa shape index (κ1) is 20.5. The van der Waals surface area contributed by atoms with Crippen LogP contribution in [0.1, 0.15) is 19.8 Å². The zero-order chi connectivity index (χ0) is 20.8.